The van der Waals surface area contributed by atoms with Crippen LogP contribution < -0.4 is 20.7 Å². The van der Waals surface area contributed by atoms with Crippen molar-refractivity contribution in [1.29, 1.82) is 0 Å². The monoisotopic (exact) mass is 353 g/mol. The van der Waals surface area contributed by atoms with Gasteiger partial charge in [-0.15, -0.1) is 0 Å². The van der Waals surface area contributed by atoms with E-state index in [0.717, 1.165) is 30.1 Å². The van der Waals surface area contributed by atoms with Gasteiger partial charge in [-0.25, -0.2) is 0 Å². The van der Waals surface area contributed by atoms with E-state index in [9.17, 15) is 4.79 Å². The summed E-state index contributed by atoms with van der Waals surface area (Å²) in [7, 11) is 1.62. The number of hydrogen-bond donors (Lipinski definition) is 2. The second-order valence-electron chi connectivity index (χ2n) is 5.97. The van der Waals surface area contributed by atoms with E-state index in [2.05, 4.69) is 10.2 Å². The molecule has 1 saturated heterocycles. The lowest BCUT2D eigenvalue weighted by atomic mass is 10.2. The van der Waals surface area contributed by atoms with E-state index in [1.807, 2.05) is 36.4 Å². The predicted molar refractivity (Wildman–Crippen MR) is 105 cm³/mol. The van der Waals surface area contributed by atoms with Crippen LogP contribution >= 0.6 is 0 Å². The molecular weight excluding hydrogens is 330 g/mol. The van der Waals surface area contributed by atoms with Crippen molar-refractivity contribution in [3.63, 3.8) is 0 Å². The number of benzene rings is 2. The Balaban J connectivity index is 1.61. The Bertz CT molecular complexity index is 781. The second-order valence-corrected chi connectivity index (χ2v) is 5.97. The molecule has 3 rings (SSSR count). The van der Waals surface area contributed by atoms with Crippen molar-refractivity contribution >= 4 is 29.0 Å². The van der Waals surface area contributed by atoms with E-state index in [1.54, 1.807) is 19.3 Å². The molecule has 0 bridgehead atoms. The fourth-order valence-electron chi connectivity index (χ4n) is 2.80. The third-order valence-electron chi connectivity index (χ3n) is 4.19. The summed E-state index contributed by atoms with van der Waals surface area (Å²) in [6.07, 6.45) is 3.24. The maximum Gasteiger partial charge on any atom is 0.248 e. The molecule has 3 N–H and O–H groups in total. The highest BCUT2D eigenvalue weighted by atomic mass is 16.5. The van der Waals surface area contributed by atoms with E-state index in [4.69, 9.17) is 15.2 Å². The van der Waals surface area contributed by atoms with Crippen LogP contribution in [0.25, 0.3) is 6.08 Å². The zero-order valence-electron chi connectivity index (χ0n) is 14.8. The number of methoxy groups -OCH3 is 1. The van der Waals surface area contributed by atoms with Crippen molar-refractivity contribution in [2.24, 2.45) is 0 Å². The topological polar surface area (TPSA) is 76.8 Å². The van der Waals surface area contributed by atoms with Gasteiger partial charge in [0.2, 0.25) is 5.91 Å². The van der Waals surface area contributed by atoms with Gasteiger partial charge in [0.15, 0.2) is 0 Å². The van der Waals surface area contributed by atoms with Crippen molar-refractivity contribution in [3.05, 3.63) is 54.1 Å². The third kappa shape index (κ3) is 4.55. The van der Waals surface area contributed by atoms with E-state index in [0.29, 0.717) is 24.6 Å². The summed E-state index contributed by atoms with van der Waals surface area (Å²) >= 11 is 0. The van der Waals surface area contributed by atoms with Gasteiger partial charge in [0.1, 0.15) is 5.75 Å². The minimum atomic E-state index is -0.209. The Hall–Kier alpha value is -2.99. The number of morpholine rings is 1. The number of rotatable bonds is 5. The number of carbonyl (C=O) groups is 1. The number of amides is 1. The lowest BCUT2D eigenvalue weighted by molar-refractivity contribution is -0.111. The predicted octanol–water partition coefficient (Wildman–Crippen LogP) is 2.77. The summed E-state index contributed by atoms with van der Waals surface area (Å²) < 4.78 is 10.5. The van der Waals surface area contributed by atoms with E-state index >= 15 is 0 Å². The van der Waals surface area contributed by atoms with Crippen molar-refractivity contribution in [1.82, 2.24) is 0 Å². The highest BCUT2D eigenvalue weighted by Crippen LogP contribution is 2.27. The third-order valence-corrected chi connectivity index (χ3v) is 4.19. The van der Waals surface area contributed by atoms with E-state index in [-0.39, 0.29) is 5.91 Å². The molecule has 2 aromatic rings. The van der Waals surface area contributed by atoms with Crippen LogP contribution in [0.3, 0.4) is 0 Å². The van der Waals surface area contributed by atoms with Crippen LogP contribution in [0, 0.1) is 0 Å². The number of nitrogens with two attached hydrogens (primary N) is 1. The summed E-state index contributed by atoms with van der Waals surface area (Å²) in [5.41, 5.74) is 9.36. The first-order chi connectivity index (χ1) is 12.7. The lowest BCUT2D eigenvalue weighted by Gasteiger charge is -2.30. The van der Waals surface area contributed by atoms with E-state index < -0.39 is 0 Å². The van der Waals surface area contributed by atoms with Crippen LogP contribution in [0.1, 0.15) is 5.56 Å². The number of anilines is 3. The molecule has 2 aromatic carbocycles. The van der Waals surface area contributed by atoms with Gasteiger partial charge < -0.3 is 25.4 Å². The highest BCUT2D eigenvalue weighted by Gasteiger charge is 2.14. The van der Waals surface area contributed by atoms with Gasteiger partial charge in [0.05, 0.1) is 31.7 Å². The first-order valence-corrected chi connectivity index (χ1v) is 8.51. The van der Waals surface area contributed by atoms with Crippen molar-refractivity contribution in [3.8, 4) is 5.75 Å². The smallest absolute Gasteiger partial charge is 0.248 e. The van der Waals surface area contributed by atoms with Crippen LogP contribution in [0.4, 0.5) is 17.1 Å². The summed E-state index contributed by atoms with van der Waals surface area (Å²) in [5.74, 6) is 0.571. The van der Waals surface area contributed by atoms with Crippen molar-refractivity contribution < 1.29 is 14.3 Å². The molecule has 0 atom stereocenters. The number of ether oxygens (including phenoxy) is 2. The minimum absolute atomic E-state index is 0.209. The molecule has 1 aliphatic rings. The molecular formula is C20H23N3O3. The molecule has 26 heavy (non-hydrogen) atoms. The molecule has 0 aromatic heterocycles. The quantitative estimate of drug-likeness (QED) is 0.638. The zero-order valence-corrected chi connectivity index (χ0v) is 14.8. The van der Waals surface area contributed by atoms with Gasteiger partial charge >= 0.3 is 0 Å². The molecule has 0 aliphatic carbocycles. The Morgan fingerprint density at radius 2 is 1.92 bits per heavy atom. The number of nitrogens with one attached hydrogen (secondary N) is 1. The van der Waals surface area contributed by atoms with Crippen molar-refractivity contribution in [2.75, 3.05) is 49.4 Å². The highest BCUT2D eigenvalue weighted by molar-refractivity contribution is 6.02. The Kier molecular flexibility index (Phi) is 5.76. The Morgan fingerprint density at radius 1 is 1.19 bits per heavy atom. The van der Waals surface area contributed by atoms with Crippen LogP contribution in [0.2, 0.25) is 0 Å². The van der Waals surface area contributed by atoms with Crippen molar-refractivity contribution in [2.45, 2.75) is 0 Å². The largest absolute Gasteiger partial charge is 0.497 e. The number of nitrogen functional groups attached to an aromatic ring is 1. The maximum absolute atomic E-state index is 12.1. The van der Waals surface area contributed by atoms with Gasteiger partial charge in [-0.2, -0.15) is 0 Å². The molecule has 0 radical (unpaired) electrons. The number of carbonyl (C=O) groups excluding carboxylic acids is 1. The fourth-order valence-corrected chi connectivity index (χ4v) is 2.80. The molecule has 6 nitrogen and oxygen atoms in total. The fraction of sp³-hybridized carbons (Fsp3) is 0.250. The van der Waals surface area contributed by atoms with E-state index in [1.165, 1.54) is 6.08 Å². The Labute approximate surface area is 153 Å². The maximum atomic E-state index is 12.1. The summed E-state index contributed by atoms with van der Waals surface area (Å²) in [6, 6.07) is 13.0. The summed E-state index contributed by atoms with van der Waals surface area (Å²) in [4.78, 5) is 14.3. The van der Waals surface area contributed by atoms with Crippen LogP contribution in [0.15, 0.2) is 48.5 Å². The van der Waals surface area contributed by atoms with Gasteiger partial charge in [0, 0.05) is 24.9 Å². The SMILES string of the molecule is COc1ccc(/C=C/C(=O)Nc2ccc(N3CCOCC3)c(N)c2)cc1. The number of nitrogens with zero attached hydrogens (tertiary/aromatic N) is 1. The Morgan fingerprint density at radius 3 is 2.58 bits per heavy atom. The second kappa shape index (κ2) is 8.40. The average molecular weight is 353 g/mol. The van der Waals surface area contributed by atoms with Gasteiger partial charge in [-0.1, -0.05) is 12.1 Å². The van der Waals surface area contributed by atoms with Gasteiger partial charge in [-0.05, 0) is 42.0 Å². The van der Waals surface area contributed by atoms with Crippen LogP contribution in [-0.4, -0.2) is 39.3 Å². The molecule has 0 spiro atoms. The molecule has 1 fully saturated rings. The molecule has 0 saturated carbocycles. The molecule has 1 heterocycles. The average Bonchev–Trinajstić information content (AvgIpc) is 2.67. The first-order valence-electron chi connectivity index (χ1n) is 8.51. The van der Waals surface area contributed by atoms with Crippen LogP contribution in [0.5, 0.6) is 5.75 Å². The first kappa shape index (κ1) is 17.8. The normalized spacial score (nSPS) is 14.4. The molecule has 1 aliphatic heterocycles. The standard InChI is InChI=1S/C20H23N3O3/c1-25-17-6-2-15(3-7-17)4-9-20(24)22-16-5-8-19(18(21)14-16)23-10-12-26-13-11-23/h2-9,14H,10-13,21H2,1H3,(H,22,24)/b9-4+. The van der Waals surface area contributed by atoms with Gasteiger partial charge in [-0.3, -0.25) is 4.79 Å². The lowest BCUT2D eigenvalue weighted by Crippen LogP contribution is -2.36. The summed E-state index contributed by atoms with van der Waals surface area (Å²) in [6.45, 7) is 3.04. The van der Waals surface area contributed by atoms with Crippen LogP contribution in [-0.2, 0) is 9.53 Å². The molecule has 1 amide bonds. The molecule has 136 valence electrons. The van der Waals surface area contributed by atoms with Gasteiger partial charge in [0.25, 0.3) is 0 Å². The molecule has 6 heteroatoms. The zero-order chi connectivity index (χ0) is 18.4. The molecule has 0 unspecified atom stereocenters. The number of hydrogen-bond acceptors (Lipinski definition) is 5. The minimum Gasteiger partial charge on any atom is -0.497 e. The summed E-state index contributed by atoms with van der Waals surface area (Å²) in [5, 5.41) is 2.83.